The average molecular weight is 536 g/mol. The quantitative estimate of drug-likeness (QED) is 0.156. The molecule has 0 saturated carbocycles. The summed E-state index contributed by atoms with van der Waals surface area (Å²) < 4.78 is 16.1. The highest BCUT2D eigenvalue weighted by Gasteiger charge is 2.16. The van der Waals surface area contributed by atoms with E-state index in [1.54, 1.807) is 6.26 Å². The monoisotopic (exact) mass is 536 g/mol. The van der Waals surface area contributed by atoms with Gasteiger partial charge in [0.15, 0.2) is 5.96 Å². The molecule has 0 spiro atoms. The summed E-state index contributed by atoms with van der Waals surface area (Å²) in [4.78, 5) is 18.9. The van der Waals surface area contributed by atoms with Crippen molar-refractivity contribution >= 4 is 35.9 Å². The molecule has 30 heavy (non-hydrogen) atoms. The fraction of sp³-hybridized carbons (Fsp3) is 0.714. The highest BCUT2D eigenvalue weighted by atomic mass is 127. The lowest BCUT2D eigenvalue weighted by Crippen LogP contribution is -2.40. The number of guanidine groups is 1. The Balaban J connectivity index is 0.00000450. The Hall–Kier alpha value is -1.33. The topological polar surface area (TPSA) is 88.3 Å². The number of carbonyl (C=O) groups excluding carboxylic acids is 1. The van der Waals surface area contributed by atoms with Crippen molar-refractivity contribution in [3.63, 3.8) is 0 Å². The molecule has 2 N–H and O–H groups in total. The molecule has 8 nitrogen and oxygen atoms in total. The van der Waals surface area contributed by atoms with Crippen LogP contribution in [0.3, 0.4) is 0 Å². The predicted octanol–water partition coefficient (Wildman–Crippen LogP) is 2.43. The van der Waals surface area contributed by atoms with Gasteiger partial charge in [-0.3, -0.25) is 14.7 Å². The average Bonchev–Trinajstić information content (AvgIpc) is 3.17. The van der Waals surface area contributed by atoms with Crippen LogP contribution in [-0.4, -0.2) is 74.9 Å². The zero-order valence-electron chi connectivity index (χ0n) is 18.4. The number of nitrogens with zero attached hydrogens (tertiary/aromatic N) is 2. The van der Waals surface area contributed by atoms with Crippen LogP contribution in [0.25, 0.3) is 0 Å². The molecule has 0 aromatic carbocycles. The summed E-state index contributed by atoms with van der Waals surface area (Å²) in [7, 11) is 0. The Labute approximate surface area is 197 Å². The summed E-state index contributed by atoms with van der Waals surface area (Å²) >= 11 is 0. The standard InChI is InChI=1S/C21H36N4O4.HI/c1-21(2,3)29-19(26)8-11-24-20(23-10-7-18-6-4-15-28-18)22-9-5-12-25-13-16-27-17-14-25;/h4,6,15H,5,7-14,16-17H2,1-3H3,(H2,22,23,24);1H. The first-order valence-corrected chi connectivity index (χ1v) is 10.5. The Kier molecular flexibility index (Phi) is 13.0. The van der Waals surface area contributed by atoms with Gasteiger partial charge in [-0.05, 0) is 39.3 Å². The summed E-state index contributed by atoms with van der Waals surface area (Å²) in [6, 6.07) is 3.84. The number of nitrogens with one attached hydrogen (secondary N) is 2. The van der Waals surface area contributed by atoms with Crippen LogP contribution in [0.1, 0.15) is 39.4 Å². The van der Waals surface area contributed by atoms with Crippen molar-refractivity contribution in [3.05, 3.63) is 24.2 Å². The first-order chi connectivity index (χ1) is 13.9. The Morgan fingerprint density at radius 1 is 1.23 bits per heavy atom. The number of halogens is 1. The Bertz CT molecular complexity index is 611. The molecule has 2 rings (SSSR count). The van der Waals surface area contributed by atoms with Crippen molar-refractivity contribution in [3.8, 4) is 0 Å². The molecule has 0 radical (unpaired) electrons. The third-order valence-corrected chi connectivity index (χ3v) is 4.29. The number of hydrogen-bond acceptors (Lipinski definition) is 6. The van der Waals surface area contributed by atoms with Gasteiger partial charge in [-0.1, -0.05) is 0 Å². The summed E-state index contributed by atoms with van der Waals surface area (Å²) in [5, 5.41) is 6.54. The van der Waals surface area contributed by atoms with Gasteiger partial charge in [-0.15, -0.1) is 24.0 Å². The number of furan rings is 1. The smallest absolute Gasteiger partial charge is 0.308 e. The van der Waals surface area contributed by atoms with Crippen LogP contribution < -0.4 is 10.6 Å². The van der Waals surface area contributed by atoms with E-state index in [0.29, 0.717) is 25.5 Å². The van der Waals surface area contributed by atoms with E-state index in [4.69, 9.17) is 13.9 Å². The van der Waals surface area contributed by atoms with Gasteiger partial charge < -0.3 is 24.5 Å². The number of aliphatic imine (C=N–C) groups is 1. The van der Waals surface area contributed by atoms with Gasteiger partial charge in [0.05, 0.1) is 25.9 Å². The molecule has 1 fully saturated rings. The lowest BCUT2D eigenvalue weighted by molar-refractivity contribution is -0.154. The summed E-state index contributed by atoms with van der Waals surface area (Å²) in [6.07, 6.45) is 3.73. The van der Waals surface area contributed by atoms with Crippen molar-refractivity contribution in [1.82, 2.24) is 15.5 Å². The van der Waals surface area contributed by atoms with E-state index in [9.17, 15) is 4.79 Å². The summed E-state index contributed by atoms with van der Waals surface area (Å²) in [6.45, 7) is 12.1. The van der Waals surface area contributed by atoms with Crippen molar-refractivity contribution in [2.45, 2.75) is 45.6 Å². The maximum atomic E-state index is 11.9. The third kappa shape index (κ3) is 12.4. The molecule has 0 atom stereocenters. The fourth-order valence-electron chi connectivity index (χ4n) is 2.92. The normalized spacial score (nSPS) is 15.4. The Morgan fingerprint density at radius 2 is 1.97 bits per heavy atom. The zero-order chi connectivity index (χ0) is 21.0. The van der Waals surface area contributed by atoms with Gasteiger partial charge in [-0.25, -0.2) is 0 Å². The summed E-state index contributed by atoms with van der Waals surface area (Å²) in [5.41, 5.74) is -0.464. The maximum Gasteiger partial charge on any atom is 0.308 e. The van der Waals surface area contributed by atoms with Gasteiger partial charge >= 0.3 is 5.97 Å². The number of carbonyl (C=O) groups is 1. The van der Waals surface area contributed by atoms with Crippen molar-refractivity contribution in [2.75, 3.05) is 52.5 Å². The van der Waals surface area contributed by atoms with Crippen LogP contribution in [0.15, 0.2) is 27.8 Å². The number of esters is 1. The highest BCUT2D eigenvalue weighted by Crippen LogP contribution is 2.07. The lowest BCUT2D eigenvalue weighted by atomic mass is 10.2. The minimum Gasteiger partial charge on any atom is -0.469 e. The molecule has 1 aromatic rings. The van der Waals surface area contributed by atoms with E-state index in [1.807, 2.05) is 32.9 Å². The highest BCUT2D eigenvalue weighted by molar-refractivity contribution is 14.0. The van der Waals surface area contributed by atoms with E-state index < -0.39 is 5.60 Å². The second kappa shape index (κ2) is 14.6. The van der Waals surface area contributed by atoms with Crippen LogP contribution >= 0.6 is 24.0 Å². The third-order valence-electron chi connectivity index (χ3n) is 4.29. The fourth-order valence-corrected chi connectivity index (χ4v) is 2.92. The lowest BCUT2D eigenvalue weighted by Gasteiger charge is -2.26. The molecule has 172 valence electrons. The summed E-state index contributed by atoms with van der Waals surface area (Å²) in [5.74, 6) is 1.42. The minimum atomic E-state index is -0.464. The molecule has 0 aliphatic carbocycles. The zero-order valence-corrected chi connectivity index (χ0v) is 20.8. The van der Waals surface area contributed by atoms with Crippen LogP contribution in [0.2, 0.25) is 0 Å². The molecule has 1 aliphatic rings. The van der Waals surface area contributed by atoms with Gasteiger partial charge in [-0.2, -0.15) is 0 Å². The van der Waals surface area contributed by atoms with Crippen LogP contribution in [0.5, 0.6) is 0 Å². The first-order valence-electron chi connectivity index (χ1n) is 10.5. The molecular weight excluding hydrogens is 499 g/mol. The van der Waals surface area contributed by atoms with E-state index >= 15 is 0 Å². The van der Waals surface area contributed by atoms with Crippen molar-refractivity contribution in [2.24, 2.45) is 4.99 Å². The van der Waals surface area contributed by atoms with E-state index in [-0.39, 0.29) is 29.9 Å². The first kappa shape index (κ1) is 26.7. The van der Waals surface area contributed by atoms with Gasteiger partial charge in [0.2, 0.25) is 0 Å². The molecule has 1 saturated heterocycles. The molecule has 2 heterocycles. The number of rotatable bonds is 10. The largest absolute Gasteiger partial charge is 0.469 e. The second-order valence-electron chi connectivity index (χ2n) is 8.06. The van der Waals surface area contributed by atoms with Gasteiger partial charge in [0.1, 0.15) is 11.4 Å². The molecular formula is C21H37IN4O4. The van der Waals surface area contributed by atoms with E-state index in [2.05, 4.69) is 20.5 Å². The van der Waals surface area contributed by atoms with Crippen LogP contribution in [-0.2, 0) is 20.7 Å². The second-order valence-corrected chi connectivity index (χ2v) is 8.06. The predicted molar refractivity (Wildman–Crippen MR) is 128 cm³/mol. The molecule has 9 heteroatoms. The minimum absolute atomic E-state index is 0. The van der Waals surface area contributed by atoms with E-state index in [1.165, 1.54) is 0 Å². The van der Waals surface area contributed by atoms with Gasteiger partial charge in [0.25, 0.3) is 0 Å². The molecule has 0 unspecified atom stereocenters. The van der Waals surface area contributed by atoms with Crippen LogP contribution in [0, 0.1) is 0 Å². The van der Waals surface area contributed by atoms with Crippen LogP contribution in [0.4, 0.5) is 0 Å². The molecule has 1 aliphatic heterocycles. The molecule has 1 aromatic heterocycles. The molecule has 0 amide bonds. The number of ether oxygens (including phenoxy) is 2. The SMILES string of the molecule is CC(C)(C)OC(=O)CCNC(=NCCCN1CCOCC1)NCCc1ccco1.I. The van der Waals surface area contributed by atoms with Gasteiger partial charge in [0, 0.05) is 45.7 Å². The van der Waals surface area contributed by atoms with Crippen molar-refractivity contribution < 1.29 is 18.7 Å². The number of hydrogen-bond donors (Lipinski definition) is 2. The van der Waals surface area contributed by atoms with Crippen molar-refractivity contribution in [1.29, 1.82) is 0 Å². The molecule has 0 bridgehead atoms. The Morgan fingerprint density at radius 3 is 2.63 bits per heavy atom. The number of morpholine rings is 1. The van der Waals surface area contributed by atoms with E-state index in [0.717, 1.165) is 58.0 Å². The maximum absolute atomic E-state index is 11.9.